The normalized spacial score (nSPS) is 17.5. The molecule has 24 heavy (non-hydrogen) atoms. The molecule has 0 spiro atoms. The zero-order valence-electron chi connectivity index (χ0n) is 13.7. The van der Waals surface area contributed by atoms with Crippen LogP contribution in [0.15, 0.2) is 60.8 Å². The number of nitrogens with zero attached hydrogens (tertiary/aromatic N) is 1. The molecule has 0 aliphatic carbocycles. The number of carbonyl (C=O) groups excluding carboxylic acids is 1. The summed E-state index contributed by atoms with van der Waals surface area (Å²) in [5, 5.41) is 1.23. The van der Waals surface area contributed by atoms with Gasteiger partial charge in [-0.25, -0.2) is 0 Å². The molecule has 1 N–H and O–H groups in total. The summed E-state index contributed by atoms with van der Waals surface area (Å²) in [5.74, 6) is 0.270. The molecular formula is C21H22N2O. The van der Waals surface area contributed by atoms with Gasteiger partial charge in [0.2, 0.25) is 5.91 Å². The monoisotopic (exact) mass is 318 g/mol. The third-order valence-corrected chi connectivity index (χ3v) is 5.04. The first-order chi connectivity index (χ1) is 11.8. The number of nitrogens with one attached hydrogen (secondary N) is 1. The van der Waals surface area contributed by atoms with Crippen molar-refractivity contribution in [3.63, 3.8) is 0 Å². The lowest BCUT2D eigenvalue weighted by Crippen LogP contribution is -2.30. The van der Waals surface area contributed by atoms with Crippen LogP contribution in [0.3, 0.4) is 0 Å². The summed E-state index contributed by atoms with van der Waals surface area (Å²) in [4.78, 5) is 18.1. The molecule has 1 atom stereocenters. The molecule has 1 fully saturated rings. The quantitative estimate of drug-likeness (QED) is 0.757. The van der Waals surface area contributed by atoms with E-state index in [9.17, 15) is 4.79 Å². The Morgan fingerprint density at radius 1 is 1.08 bits per heavy atom. The van der Waals surface area contributed by atoms with E-state index >= 15 is 0 Å². The molecule has 0 saturated carbocycles. The summed E-state index contributed by atoms with van der Waals surface area (Å²) in [6.07, 6.45) is 5.57. The Hall–Kier alpha value is -2.55. The highest BCUT2D eigenvalue weighted by Crippen LogP contribution is 2.32. The van der Waals surface area contributed by atoms with E-state index in [0.29, 0.717) is 6.42 Å². The van der Waals surface area contributed by atoms with Crippen LogP contribution in [0.5, 0.6) is 0 Å². The first kappa shape index (κ1) is 15.0. The van der Waals surface area contributed by atoms with Gasteiger partial charge in [0, 0.05) is 30.1 Å². The second-order valence-electron chi connectivity index (χ2n) is 6.52. The molecule has 1 aromatic heterocycles. The van der Waals surface area contributed by atoms with Gasteiger partial charge in [-0.15, -0.1) is 0 Å². The van der Waals surface area contributed by atoms with Crippen LogP contribution in [0.25, 0.3) is 10.9 Å². The van der Waals surface area contributed by atoms with E-state index in [1.54, 1.807) is 0 Å². The number of aromatic nitrogens is 1. The van der Waals surface area contributed by atoms with Crippen molar-refractivity contribution in [2.75, 3.05) is 6.54 Å². The highest BCUT2D eigenvalue weighted by molar-refractivity contribution is 5.84. The number of aromatic amines is 1. The summed E-state index contributed by atoms with van der Waals surface area (Å²) < 4.78 is 0. The van der Waals surface area contributed by atoms with Gasteiger partial charge in [-0.2, -0.15) is 0 Å². The molecule has 3 heteroatoms. The van der Waals surface area contributed by atoms with Crippen LogP contribution in [0.1, 0.15) is 36.4 Å². The molecule has 1 aliphatic rings. The average molecular weight is 318 g/mol. The molecule has 3 aromatic rings. The number of benzene rings is 2. The number of hydrogen-bond acceptors (Lipinski definition) is 1. The van der Waals surface area contributed by atoms with Gasteiger partial charge < -0.3 is 9.88 Å². The smallest absolute Gasteiger partial charge is 0.223 e. The number of amides is 1. The molecule has 122 valence electrons. The molecule has 3 nitrogen and oxygen atoms in total. The lowest BCUT2D eigenvalue weighted by molar-refractivity contribution is -0.132. The number of para-hydroxylation sites is 1. The predicted octanol–water partition coefficient (Wildman–Crippen LogP) is 4.46. The highest BCUT2D eigenvalue weighted by Gasteiger charge is 2.29. The fourth-order valence-corrected chi connectivity index (χ4v) is 3.81. The average Bonchev–Trinajstić information content (AvgIpc) is 3.28. The first-order valence-corrected chi connectivity index (χ1v) is 8.72. The number of hydrogen-bond donors (Lipinski definition) is 1. The zero-order chi connectivity index (χ0) is 16.4. The molecule has 4 rings (SSSR count). The molecule has 2 heterocycles. The Morgan fingerprint density at radius 3 is 2.75 bits per heavy atom. The van der Waals surface area contributed by atoms with Crippen molar-refractivity contribution in [1.82, 2.24) is 9.88 Å². The van der Waals surface area contributed by atoms with Crippen LogP contribution in [-0.4, -0.2) is 22.3 Å². The van der Waals surface area contributed by atoms with Crippen LogP contribution in [-0.2, 0) is 11.2 Å². The zero-order valence-corrected chi connectivity index (χ0v) is 13.7. The van der Waals surface area contributed by atoms with Crippen molar-refractivity contribution in [2.24, 2.45) is 0 Å². The van der Waals surface area contributed by atoms with E-state index < -0.39 is 0 Å². The fraction of sp³-hybridized carbons (Fsp3) is 0.286. The van der Waals surface area contributed by atoms with Crippen LogP contribution < -0.4 is 0 Å². The highest BCUT2D eigenvalue weighted by atomic mass is 16.2. The predicted molar refractivity (Wildman–Crippen MR) is 96.7 cm³/mol. The molecule has 1 unspecified atom stereocenters. The van der Waals surface area contributed by atoms with Gasteiger partial charge in [0.05, 0.1) is 6.04 Å². The van der Waals surface area contributed by atoms with Crippen molar-refractivity contribution < 1.29 is 4.79 Å². The van der Waals surface area contributed by atoms with Crippen LogP contribution in [0.4, 0.5) is 0 Å². The number of H-pyrrole nitrogens is 1. The van der Waals surface area contributed by atoms with Gasteiger partial charge in [-0.1, -0.05) is 48.5 Å². The first-order valence-electron chi connectivity index (χ1n) is 8.72. The molecule has 0 radical (unpaired) electrons. The Labute approximate surface area is 142 Å². The number of aryl methyl sites for hydroxylation is 1. The van der Waals surface area contributed by atoms with E-state index in [-0.39, 0.29) is 11.9 Å². The van der Waals surface area contributed by atoms with Crippen molar-refractivity contribution in [2.45, 2.75) is 31.7 Å². The third kappa shape index (κ3) is 2.82. The molecule has 1 aliphatic heterocycles. The van der Waals surface area contributed by atoms with E-state index in [2.05, 4.69) is 46.3 Å². The molecule has 0 bridgehead atoms. The largest absolute Gasteiger partial charge is 0.361 e. The van der Waals surface area contributed by atoms with Crippen molar-refractivity contribution in [3.05, 3.63) is 71.9 Å². The van der Waals surface area contributed by atoms with Crippen LogP contribution >= 0.6 is 0 Å². The van der Waals surface area contributed by atoms with Gasteiger partial charge in [0.1, 0.15) is 0 Å². The minimum atomic E-state index is 0.252. The molecule has 2 aromatic carbocycles. The van der Waals surface area contributed by atoms with Crippen molar-refractivity contribution in [1.29, 1.82) is 0 Å². The van der Waals surface area contributed by atoms with Crippen LogP contribution in [0, 0.1) is 0 Å². The summed E-state index contributed by atoms with van der Waals surface area (Å²) in [6, 6.07) is 18.9. The Morgan fingerprint density at radius 2 is 1.88 bits per heavy atom. The number of fused-ring (bicyclic) bond motifs is 1. The van der Waals surface area contributed by atoms with Crippen molar-refractivity contribution in [3.8, 4) is 0 Å². The van der Waals surface area contributed by atoms with E-state index in [1.165, 1.54) is 16.5 Å². The van der Waals surface area contributed by atoms with E-state index in [1.807, 2.05) is 24.4 Å². The SMILES string of the molecule is O=C(CCc1c[nH]c2ccccc12)N1CCCC1c1ccccc1. The number of carbonyl (C=O) groups is 1. The van der Waals surface area contributed by atoms with Crippen LogP contribution in [0.2, 0.25) is 0 Å². The summed E-state index contributed by atoms with van der Waals surface area (Å²) >= 11 is 0. The molecule has 1 saturated heterocycles. The maximum atomic E-state index is 12.8. The summed E-state index contributed by atoms with van der Waals surface area (Å²) in [6.45, 7) is 0.881. The Bertz CT molecular complexity index is 837. The van der Waals surface area contributed by atoms with Gasteiger partial charge in [0.25, 0.3) is 0 Å². The van der Waals surface area contributed by atoms with E-state index in [4.69, 9.17) is 0 Å². The van der Waals surface area contributed by atoms with Gasteiger partial charge in [-0.3, -0.25) is 4.79 Å². The minimum Gasteiger partial charge on any atom is -0.361 e. The standard InChI is InChI=1S/C21H22N2O/c24-21(13-12-17-15-22-19-10-5-4-9-18(17)19)23-14-6-11-20(23)16-7-2-1-3-8-16/h1-5,7-10,15,20,22H,6,11-14H2. The third-order valence-electron chi connectivity index (χ3n) is 5.04. The summed E-state index contributed by atoms with van der Waals surface area (Å²) in [7, 11) is 0. The maximum absolute atomic E-state index is 12.8. The van der Waals surface area contributed by atoms with Gasteiger partial charge in [0.15, 0.2) is 0 Å². The number of rotatable bonds is 4. The van der Waals surface area contributed by atoms with E-state index in [0.717, 1.165) is 31.3 Å². The second kappa shape index (κ2) is 6.52. The second-order valence-corrected chi connectivity index (χ2v) is 6.52. The number of likely N-dealkylation sites (tertiary alicyclic amines) is 1. The Balaban J connectivity index is 1.46. The van der Waals surface area contributed by atoms with Gasteiger partial charge in [-0.05, 0) is 36.5 Å². The summed E-state index contributed by atoms with van der Waals surface area (Å²) in [5.41, 5.74) is 3.63. The minimum absolute atomic E-state index is 0.252. The van der Waals surface area contributed by atoms with Gasteiger partial charge >= 0.3 is 0 Å². The lowest BCUT2D eigenvalue weighted by atomic mass is 10.0. The topological polar surface area (TPSA) is 36.1 Å². The maximum Gasteiger partial charge on any atom is 0.223 e. The Kier molecular flexibility index (Phi) is 4.08. The lowest BCUT2D eigenvalue weighted by Gasteiger charge is -2.25. The molecular weight excluding hydrogens is 296 g/mol. The van der Waals surface area contributed by atoms with Crippen molar-refractivity contribution >= 4 is 16.8 Å². The fourth-order valence-electron chi connectivity index (χ4n) is 3.81. The molecule has 1 amide bonds.